The van der Waals surface area contributed by atoms with Gasteiger partial charge < -0.3 is 5.73 Å². The predicted octanol–water partition coefficient (Wildman–Crippen LogP) is 2.24. The Morgan fingerprint density at radius 3 is 2.67 bits per heavy atom. The largest absolute Gasteiger partial charge is 0.384 e. The standard InChI is InChI=1S/C14H24N4/c1-10-7-12(15)17-13(16-10)9-18-6-5-11(8-18)14(2,3)4/h7,11H,5-6,8-9H2,1-4H3,(H2,15,16,17). The Hall–Kier alpha value is -1.16. The number of nitrogens with two attached hydrogens (primary N) is 1. The van der Waals surface area contributed by atoms with Crippen LogP contribution >= 0.6 is 0 Å². The van der Waals surface area contributed by atoms with Gasteiger partial charge in [-0.05, 0) is 31.2 Å². The van der Waals surface area contributed by atoms with Crippen LogP contribution in [0.25, 0.3) is 0 Å². The van der Waals surface area contributed by atoms with Crippen LogP contribution in [-0.4, -0.2) is 28.0 Å². The number of rotatable bonds is 2. The maximum atomic E-state index is 5.76. The van der Waals surface area contributed by atoms with E-state index in [2.05, 4.69) is 35.6 Å². The number of nitrogens with zero attached hydrogens (tertiary/aromatic N) is 3. The summed E-state index contributed by atoms with van der Waals surface area (Å²) in [6.07, 6.45) is 1.27. The summed E-state index contributed by atoms with van der Waals surface area (Å²) in [6.45, 7) is 12.0. The number of hydrogen-bond acceptors (Lipinski definition) is 4. The zero-order valence-corrected chi connectivity index (χ0v) is 11.9. The lowest BCUT2D eigenvalue weighted by molar-refractivity contribution is 0.224. The topological polar surface area (TPSA) is 55.0 Å². The first-order chi connectivity index (χ1) is 8.34. The molecular formula is C14H24N4. The number of anilines is 1. The van der Waals surface area contributed by atoms with Gasteiger partial charge in [0, 0.05) is 18.3 Å². The van der Waals surface area contributed by atoms with Crippen LogP contribution in [0.15, 0.2) is 6.07 Å². The highest BCUT2D eigenvalue weighted by Crippen LogP contribution is 2.33. The second-order valence-electron chi connectivity index (χ2n) is 6.44. The molecule has 4 nitrogen and oxygen atoms in total. The Labute approximate surface area is 110 Å². The third-order valence-corrected chi connectivity index (χ3v) is 3.78. The Morgan fingerprint density at radius 1 is 1.39 bits per heavy atom. The average molecular weight is 248 g/mol. The van der Waals surface area contributed by atoms with Gasteiger partial charge in [-0.15, -0.1) is 0 Å². The molecule has 1 saturated heterocycles. The van der Waals surface area contributed by atoms with Gasteiger partial charge in [0.15, 0.2) is 0 Å². The van der Waals surface area contributed by atoms with Crippen LogP contribution in [0.3, 0.4) is 0 Å². The second kappa shape index (κ2) is 4.84. The molecule has 0 aliphatic carbocycles. The van der Waals surface area contributed by atoms with E-state index in [1.54, 1.807) is 0 Å². The summed E-state index contributed by atoms with van der Waals surface area (Å²) in [7, 11) is 0. The molecule has 1 aromatic heterocycles. The molecule has 0 aromatic carbocycles. The van der Waals surface area contributed by atoms with Crippen molar-refractivity contribution in [2.45, 2.75) is 40.7 Å². The molecule has 2 rings (SSSR count). The third-order valence-electron chi connectivity index (χ3n) is 3.78. The maximum absolute atomic E-state index is 5.76. The van der Waals surface area contributed by atoms with E-state index in [1.807, 2.05) is 13.0 Å². The zero-order chi connectivity index (χ0) is 13.3. The average Bonchev–Trinajstić information content (AvgIpc) is 2.63. The first-order valence-electron chi connectivity index (χ1n) is 6.67. The molecule has 1 aliphatic rings. The Morgan fingerprint density at radius 2 is 2.11 bits per heavy atom. The van der Waals surface area contributed by atoms with Crippen LogP contribution in [0.1, 0.15) is 38.7 Å². The molecule has 1 atom stereocenters. The molecule has 0 bridgehead atoms. The maximum Gasteiger partial charge on any atom is 0.144 e. The minimum Gasteiger partial charge on any atom is -0.384 e. The van der Waals surface area contributed by atoms with Gasteiger partial charge in [-0.1, -0.05) is 20.8 Å². The molecule has 100 valence electrons. The quantitative estimate of drug-likeness (QED) is 0.872. The molecule has 4 heteroatoms. The summed E-state index contributed by atoms with van der Waals surface area (Å²) in [5.41, 5.74) is 7.10. The lowest BCUT2D eigenvalue weighted by atomic mass is 9.80. The van der Waals surface area contributed by atoms with E-state index in [0.717, 1.165) is 37.1 Å². The lowest BCUT2D eigenvalue weighted by Gasteiger charge is -2.27. The Kier molecular flexibility index (Phi) is 3.57. The summed E-state index contributed by atoms with van der Waals surface area (Å²) in [5.74, 6) is 2.19. The summed E-state index contributed by atoms with van der Waals surface area (Å²) in [5, 5.41) is 0. The van der Waals surface area contributed by atoms with Crippen LogP contribution < -0.4 is 5.73 Å². The second-order valence-corrected chi connectivity index (χ2v) is 6.44. The molecule has 1 aromatic rings. The van der Waals surface area contributed by atoms with Gasteiger partial charge >= 0.3 is 0 Å². The Bertz CT molecular complexity index is 402. The minimum absolute atomic E-state index is 0.390. The molecule has 0 amide bonds. The van der Waals surface area contributed by atoms with Crippen LogP contribution in [0.4, 0.5) is 5.82 Å². The van der Waals surface area contributed by atoms with E-state index in [1.165, 1.54) is 6.42 Å². The fourth-order valence-electron chi connectivity index (χ4n) is 2.61. The molecule has 0 saturated carbocycles. The van der Waals surface area contributed by atoms with E-state index in [-0.39, 0.29) is 0 Å². The highest BCUT2D eigenvalue weighted by molar-refractivity contribution is 5.29. The molecule has 0 spiro atoms. The summed E-state index contributed by atoms with van der Waals surface area (Å²) in [6, 6.07) is 1.81. The van der Waals surface area contributed by atoms with Gasteiger partial charge in [0.1, 0.15) is 11.6 Å². The van der Waals surface area contributed by atoms with E-state index in [9.17, 15) is 0 Å². The Balaban J connectivity index is 1.99. The van der Waals surface area contributed by atoms with Crippen molar-refractivity contribution < 1.29 is 0 Å². The molecule has 1 aliphatic heterocycles. The van der Waals surface area contributed by atoms with Crippen LogP contribution in [0.2, 0.25) is 0 Å². The normalized spacial score (nSPS) is 21.4. The first-order valence-corrected chi connectivity index (χ1v) is 6.67. The summed E-state index contributed by atoms with van der Waals surface area (Å²) in [4.78, 5) is 11.2. The molecule has 18 heavy (non-hydrogen) atoms. The van der Waals surface area contributed by atoms with E-state index < -0.39 is 0 Å². The third kappa shape index (κ3) is 3.19. The first kappa shape index (κ1) is 13.3. The summed E-state index contributed by atoms with van der Waals surface area (Å²) < 4.78 is 0. The zero-order valence-electron chi connectivity index (χ0n) is 11.9. The fourth-order valence-corrected chi connectivity index (χ4v) is 2.61. The van der Waals surface area contributed by atoms with Gasteiger partial charge in [-0.3, -0.25) is 4.90 Å². The summed E-state index contributed by atoms with van der Waals surface area (Å²) >= 11 is 0. The van der Waals surface area contributed by atoms with Gasteiger partial charge in [0.2, 0.25) is 0 Å². The van der Waals surface area contributed by atoms with Crippen molar-refractivity contribution in [1.82, 2.24) is 14.9 Å². The number of hydrogen-bond donors (Lipinski definition) is 1. The van der Waals surface area contributed by atoms with E-state index in [0.29, 0.717) is 11.2 Å². The van der Waals surface area contributed by atoms with Gasteiger partial charge in [0.05, 0.1) is 6.54 Å². The highest BCUT2D eigenvalue weighted by atomic mass is 15.2. The van der Waals surface area contributed by atoms with Crippen molar-refractivity contribution in [3.05, 3.63) is 17.6 Å². The van der Waals surface area contributed by atoms with E-state index >= 15 is 0 Å². The van der Waals surface area contributed by atoms with Gasteiger partial charge in [-0.25, -0.2) is 9.97 Å². The SMILES string of the molecule is Cc1cc(N)nc(CN2CCC(C(C)(C)C)C2)n1. The molecule has 2 heterocycles. The fraction of sp³-hybridized carbons (Fsp3) is 0.714. The molecule has 1 unspecified atom stereocenters. The van der Waals surface area contributed by atoms with E-state index in [4.69, 9.17) is 5.73 Å². The van der Waals surface area contributed by atoms with Crippen LogP contribution in [0.5, 0.6) is 0 Å². The van der Waals surface area contributed by atoms with Crippen LogP contribution in [-0.2, 0) is 6.54 Å². The van der Waals surface area contributed by atoms with Crippen molar-refractivity contribution >= 4 is 5.82 Å². The minimum atomic E-state index is 0.390. The number of nitrogen functional groups attached to an aromatic ring is 1. The molecule has 1 fully saturated rings. The molecule has 0 radical (unpaired) electrons. The van der Waals surface area contributed by atoms with Crippen molar-refractivity contribution in [3.8, 4) is 0 Å². The number of aromatic nitrogens is 2. The van der Waals surface area contributed by atoms with Gasteiger partial charge in [-0.2, -0.15) is 0 Å². The monoisotopic (exact) mass is 248 g/mol. The predicted molar refractivity (Wildman–Crippen MR) is 74.0 cm³/mol. The van der Waals surface area contributed by atoms with Crippen molar-refractivity contribution in [1.29, 1.82) is 0 Å². The lowest BCUT2D eigenvalue weighted by Crippen LogP contribution is -2.26. The molecule has 2 N–H and O–H groups in total. The number of likely N-dealkylation sites (tertiary alicyclic amines) is 1. The van der Waals surface area contributed by atoms with Crippen molar-refractivity contribution in [2.75, 3.05) is 18.8 Å². The van der Waals surface area contributed by atoms with Crippen LogP contribution in [0, 0.1) is 18.3 Å². The van der Waals surface area contributed by atoms with Gasteiger partial charge in [0.25, 0.3) is 0 Å². The molecular weight excluding hydrogens is 224 g/mol. The van der Waals surface area contributed by atoms with Crippen molar-refractivity contribution in [2.24, 2.45) is 11.3 Å². The van der Waals surface area contributed by atoms with Crippen molar-refractivity contribution in [3.63, 3.8) is 0 Å². The highest BCUT2D eigenvalue weighted by Gasteiger charge is 2.31. The smallest absolute Gasteiger partial charge is 0.144 e. The number of aryl methyl sites for hydroxylation is 1.